The van der Waals surface area contributed by atoms with Gasteiger partial charge in [-0.1, -0.05) is 73.7 Å². The molecule has 1 aromatic carbocycles. The van der Waals surface area contributed by atoms with E-state index in [-0.39, 0.29) is 12.6 Å². The van der Waals surface area contributed by atoms with Gasteiger partial charge >= 0.3 is 0 Å². The predicted octanol–water partition coefficient (Wildman–Crippen LogP) is 4.91. The number of guanidine groups is 1. The monoisotopic (exact) mass is 614 g/mol. The second-order valence-corrected chi connectivity index (χ2v) is 11.4. The molecular weight excluding hydrogens is 569 g/mol. The van der Waals surface area contributed by atoms with Gasteiger partial charge in [0.1, 0.15) is 22.6 Å². The van der Waals surface area contributed by atoms with Gasteiger partial charge in [0.05, 0.1) is 32.3 Å². The number of rotatable bonds is 11. The van der Waals surface area contributed by atoms with Crippen molar-refractivity contribution in [2.45, 2.75) is 53.8 Å². The molecule has 230 valence electrons. The smallest absolute Gasteiger partial charge is 0.204 e. The first kappa shape index (κ1) is 35.0. The zero-order valence-electron chi connectivity index (χ0n) is 25.7. The van der Waals surface area contributed by atoms with Crippen LogP contribution < -0.4 is 20.3 Å². The van der Waals surface area contributed by atoms with Crippen LogP contribution in [0.4, 0.5) is 11.6 Å². The molecule has 1 aromatic heterocycles. The minimum Gasteiger partial charge on any atom is -0.378 e. The van der Waals surface area contributed by atoms with Crippen molar-refractivity contribution in [2.75, 3.05) is 48.5 Å². The van der Waals surface area contributed by atoms with Crippen molar-refractivity contribution >= 4 is 45.5 Å². The predicted molar refractivity (Wildman–Crippen MR) is 181 cm³/mol. The fourth-order valence-corrected chi connectivity index (χ4v) is 4.90. The Labute approximate surface area is 258 Å². The van der Waals surface area contributed by atoms with E-state index >= 15 is 0 Å². The van der Waals surface area contributed by atoms with Crippen LogP contribution in [0.25, 0.3) is 0 Å². The first-order valence-corrected chi connectivity index (χ1v) is 16.7. The number of anilines is 2. The fraction of sp³-hybridized carbons (Fsp3) is 0.467. The highest BCUT2D eigenvalue weighted by molar-refractivity contribution is 8.14. The Hall–Kier alpha value is -3.22. The first-order valence-electron chi connectivity index (χ1n) is 14.2. The van der Waals surface area contributed by atoms with Crippen molar-refractivity contribution in [3.05, 3.63) is 72.1 Å². The van der Waals surface area contributed by atoms with Crippen molar-refractivity contribution < 1.29 is 8.95 Å². The summed E-state index contributed by atoms with van der Waals surface area (Å²) in [6, 6.07) is 11.8. The molecule has 1 fully saturated rings. The molecule has 3 rings (SSSR count). The van der Waals surface area contributed by atoms with Crippen molar-refractivity contribution in [1.82, 2.24) is 20.0 Å². The van der Waals surface area contributed by atoms with Crippen molar-refractivity contribution in [2.24, 2.45) is 9.98 Å². The van der Waals surface area contributed by atoms with Gasteiger partial charge in [-0.25, -0.2) is 19.2 Å². The molecule has 0 bridgehead atoms. The van der Waals surface area contributed by atoms with Crippen molar-refractivity contribution in [3.63, 3.8) is 0 Å². The molecule has 12 heteroatoms. The molecule has 3 N–H and O–H groups in total. The number of thioether (sulfide) groups is 1. The highest BCUT2D eigenvalue weighted by atomic mass is 32.2. The van der Waals surface area contributed by atoms with Gasteiger partial charge in [0.2, 0.25) is 5.96 Å². The summed E-state index contributed by atoms with van der Waals surface area (Å²) in [6.45, 7) is 17.5. The van der Waals surface area contributed by atoms with E-state index in [2.05, 4.69) is 51.8 Å². The van der Waals surface area contributed by atoms with Gasteiger partial charge in [-0.15, -0.1) is 6.58 Å². The Bertz CT molecular complexity index is 1210. The number of hydrogen-bond acceptors (Lipinski definition) is 8. The number of ether oxygens (including phenoxy) is 1. The number of aromatic nitrogens is 2. The lowest BCUT2D eigenvalue weighted by Gasteiger charge is -2.28. The summed E-state index contributed by atoms with van der Waals surface area (Å²) in [5, 5.41) is 7.39. The number of nitrogens with one attached hydrogen (secondary N) is 3. The molecule has 42 heavy (non-hydrogen) atoms. The lowest BCUT2D eigenvalue weighted by atomic mass is 10.2. The summed E-state index contributed by atoms with van der Waals surface area (Å²) in [7, 11) is -1.30. The molecule has 10 nitrogen and oxygen atoms in total. The zero-order valence-corrected chi connectivity index (χ0v) is 27.4. The third-order valence-electron chi connectivity index (χ3n) is 5.62. The van der Waals surface area contributed by atoms with Crippen LogP contribution in [-0.2, 0) is 28.8 Å². The maximum atomic E-state index is 11.9. The molecule has 0 radical (unpaired) electrons. The molecule has 2 atom stereocenters. The molecule has 2 aromatic rings. The molecule has 2 unspecified atom stereocenters. The average molecular weight is 615 g/mol. The molecule has 0 spiro atoms. The van der Waals surface area contributed by atoms with E-state index in [0.29, 0.717) is 37.4 Å². The summed E-state index contributed by atoms with van der Waals surface area (Å²) in [6.07, 6.45) is 5.53. The molecule has 1 aliphatic rings. The number of aliphatic imine (C=N–C) groups is 2. The normalized spacial score (nSPS) is 15.0. The van der Waals surface area contributed by atoms with E-state index in [1.54, 1.807) is 24.1 Å². The SMILES string of the molecule is C=CC(C)N=C(Nc1cc(N2CCOCC2)nc(CNC(=NCc2ccccc2)NS(C)=O)n1)SCC=C(C)C.CC. The van der Waals surface area contributed by atoms with Gasteiger partial charge in [0.15, 0.2) is 11.0 Å². The third kappa shape index (κ3) is 13.6. The summed E-state index contributed by atoms with van der Waals surface area (Å²) >= 11 is 1.61. The van der Waals surface area contributed by atoms with Gasteiger partial charge in [-0.05, 0) is 26.3 Å². The summed E-state index contributed by atoms with van der Waals surface area (Å²) < 4.78 is 20.4. The second kappa shape index (κ2) is 19.8. The maximum Gasteiger partial charge on any atom is 0.204 e. The lowest BCUT2D eigenvalue weighted by Crippen LogP contribution is -2.39. The van der Waals surface area contributed by atoms with E-state index in [0.717, 1.165) is 35.4 Å². The Kier molecular flexibility index (Phi) is 16.5. The van der Waals surface area contributed by atoms with Crippen LogP contribution in [0.5, 0.6) is 0 Å². The van der Waals surface area contributed by atoms with E-state index < -0.39 is 11.0 Å². The van der Waals surface area contributed by atoms with Gasteiger partial charge in [-0.3, -0.25) is 9.71 Å². The summed E-state index contributed by atoms with van der Waals surface area (Å²) in [5.41, 5.74) is 2.30. The van der Waals surface area contributed by atoms with E-state index in [4.69, 9.17) is 19.7 Å². The molecule has 0 aliphatic carbocycles. The topological polar surface area (TPSA) is 116 Å². The van der Waals surface area contributed by atoms with Gasteiger partial charge in [0, 0.05) is 31.2 Å². The van der Waals surface area contributed by atoms with Crippen LogP contribution in [0.3, 0.4) is 0 Å². The van der Waals surface area contributed by atoms with Crippen LogP contribution in [-0.4, -0.2) is 69.7 Å². The minimum atomic E-state index is -1.30. The molecular formula is C30H46N8O2S2. The quantitative estimate of drug-likeness (QED) is 0.186. The van der Waals surface area contributed by atoms with Gasteiger partial charge < -0.3 is 20.3 Å². The average Bonchev–Trinajstić information content (AvgIpc) is 3.00. The number of allylic oxidation sites excluding steroid dienone is 1. The summed E-state index contributed by atoms with van der Waals surface area (Å²) in [4.78, 5) is 21.1. The molecule has 0 saturated carbocycles. The molecule has 2 heterocycles. The minimum absolute atomic E-state index is 0.0484. The highest BCUT2D eigenvalue weighted by Crippen LogP contribution is 2.20. The largest absolute Gasteiger partial charge is 0.378 e. The Morgan fingerprint density at radius 1 is 1.21 bits per heavy atom. The van der Waals surface area contributed by atoms with Crippen molar-refractivity contribution in [1.29, 1.82) is 0 Å². The zero-order chi connectivity index (χ0) is 30.7. The van der Waals surface area contributed by atoms with Gasteiger partial charge in [0.25, 0.3) is 0 Å². The first-order chi connectivity index (χ1) is 20.3. The number of nitrogens with zero attached hydrogens (tertiary/aromatic N) is 5. The molecule has 1 aliphatic heterocycles. The number of morpholine rings is 1. The van der Waals surface area contributed by atoms with E-state index in [1.165, 1.54) is 5.57 Å². The van der Waals surface area contributed by atoms with E-state index in [9.17, 15) is 4.21 Å². The highest BCUT2D eigenvalue weighted by Gasteiger charge is 2.16. The van der Waals surface area contributed by atoms with Crippen LogP contribution in [0.2, 0.25) is 0 Å². The third-order valence-corrected chi connectivity index (χ3v) is 6.91. The van der Waals surface area contributed by atoms with Crippen LogP contribution >= 0.6 is 11.8 Å². The lowest BCUT2D eigenvalue weighted by molar-refractivity contribution is 0.122. The number of amidine groups is 1. The molecule has 0 amide bonds. The Balaban J connectivity index is 0.00000301. The number of benzene rings is 1. The Morgan fingerprint density at radius 2 is 1.93 bits per heavy atom. The van der Waals surface area contributed by atoms with E-state index in [1.807, 2.05) is 57.2 Å². The van der Waals surface area contributed by atoms with Crippen molar-refractivity contribution in [3.8, 4) is 0 Å². The fourth-order valence-electron chi connectivity index (χ4n) is 3.50. The van der Waals surface area contributed by atoms with Crippen LogP contribution in [0, 0.1) is 0 Å². The second-order valence-electron chi connectivity index (χ2n) is 9.32. The maximum absolute atomic E-state index is 11.9. The Morgan fingerprint density at radius 3 is 2.57 bits per heavy atom. The van der Waals surface area contributed by atoms with Crippen LogP contribution in [0.15, 0.2) is 70.7 Å². The summed E-state index contributed by atoms with van der Waals surface area (Å²) in [5.74, 6) is 3.21. The standard InChI is InChI=1S/C28H40N8O2S2.C2H6/c1-6-22(4)31-28(39-17-12-21(2)3)34-24-18-26(36-13-15-38-16-14-36)33-25(32-24)20-30-27(35-40(5)37)29-19-23-10-8-7-9-11-23;1-2/h6-12,18,22H,1,13-17,19-20H2,2-5H3,(H2,29,30,35)(H,31,32,33,34);1-2H3. The van der Waals surface area contributed by atoms with Crippen LogP contribution in [0.1, 0.15) is 46.0 Å². The molecule has 1 saturated heterocycles. The number of hydrogen-bond donors (Lipinski definition) is 3. The van der Waals surface area contributed by atoms with Gasteiger partial charge in [-0.2, -0.15) is 0 Å².